The van der Waals surface area contributed by atoms with Gasteiger partial charge in [0.15, 0.2) is 5.82 Å². The van der Waals surface area contributed by atoms with Gasteiger partial charge in [-0.05, 0) is 83.5 Å². The van der Waals surface area contributed by atoms with E-state index in [2.05, 4.69) is 54.0 Å². The number of halogens is 2. The number of rotatable bonds is 12. The molecule has 2 bridgehead atoms. The zero-order valence-corrected chi connectivity index (χ0v) is 40.7. The quantitative estimate of drug-likeness (QED) is 0.0924. The van der Waals surface area contributed by atoms with Gasteiger partial charge in [-0.3, -0.25) is 19.6 Å². The molecule has 2 atom stereocenters. The molecule has 16 heteroatoms. The number of hydrogen-bond acceptors (Lipinski definition) is 13. The van der Waals surface area contributed by atoms with E-state index in [1.165, 1.54) is 35.9 Å². The van der Waals surface area contributed by atoms with E-state index in [-0.39, 0.29) is 73.8 Å². The second-order valence-electron chi connectivity index (χ2n) is 21.5. The first-order valence-electron chi connectivity index (χ1n) is 25.4. The first-order chi connectivity index (χ1) is 34.8. The zero-order valence-electron chi connectivity index (χ0n) is 40.7. The lowest BCUT2D eigenvalue weighted by Gasteiger charge is -2.48. The van der Waals surface area contributed by atoms with Crippen molar-refractivity contribution in [1.29, 1.82) is 0 Å². The molecule has 1 amide bonds. The highest BCUT2D eigenvalue weighted by Crippen LogP contribution is 2.47. The summed E-state index contributed by atoms with van der Waals surface area (Å²) >= 11 is 0. The van der Waals surface area contributed by atoms with E-state index in [4.69, 9.17) is 21.1 Å². The molecule has 72 heavy (non-hydrogen) atoms. The highest BCUT2D eigenvalue weighted by molar-refractivity contribution is 6.03. The van der Waals surface area contributed by atoms with Gasteiger partial charge in [0.1, 0.15) is 40.1 Å². The van der Waals surface area contributed by atoms with Gasteiger partial charge in [-0.25, -0.2) is 8.78 Å². The number of phenolic OH excluding ortho intramolecular Hbond substituents is 3. The maximum absolute atomic E-state index is 17.1. The monoisotopic (exact) mass is 975 g/mol. The standard InChI is InChI=1S/C56H59F2N9O5/c1-4-41-46(57)10-7-34-18-40(68)19-44(49(34)41)51-50(58)52-45(22-59-51)53(66-26-37-8-9-38(27-66)60-37)62-55(61-52)72-31-56(11-12-56)30-63-13-15-65(16-14-63)39-28-64(29-39)23-33-5-6-35-24-67(25-36(35)17-33)54(71)43-20-42(32(2)3)47(69)21-48(43)70/h1,5-7,10,17-22,32,37-39,60,68-70H,8-9,11-16,23-31H2,2-3H3. The van der Waals surface area contributed by atoms with E-state index >= 15 is 8.78 Å². The number of aromatic nitrogens is 3. The Hall–Kier alpha value is -6.64. The summed E-state index contributed by atoms with van der Waals surface area (Å²) in [6, 6.07) is 16.2. The molecule has 0 spiro atoms. The van der Waals surface area contributed by atoms with E-state index in [9.17, 15) is 20.1 Å². The zero-order chi connectivity index (χ0) is 49.6. The Morgan fingerprint density at radius 3 is 2.40 bits per heavy atom. The number of nitrogens with zero attached hydrogens (tertiary/aromatic N) is 8. The summed E-state index contributed by atoms with van der Waals surface area (Å²) in [7, 11) is 0. The number of nitrogens with one attached hydrogen (secondary N) is 1. The smallest absolute Gasteiger partial charge is 0.319 e. The molecular weight excluding hydrogens is 917 g/mol. The predicted octanol–water partition coefficient (Wildman–Crippen LogP) is 7.10. The second kappa shape index (κ2) is 18.1. The van der Waals surface area contributed by atoms with Gasteiger partial charge in [0.25, 0.3) is 5.91 Å². The molecule has 2 aromatic heterocycles. The van der Waals surface area contributed by atoms with E-state index in [1.54, 1.807) is 17.2 Å². The van der Waals surface area contributed by atoms with Crippen LogP contribution in [0.15, 0.2) is 60.8 Å². The van der Waals surface area contributed by atoms with Crippen molar-refractivity contribution in [1.82, 2.24) is 39.9 Å². The van der Waals surface area contributed by atoms with Crippen molar-refractivity contribution in [2.45, 2.75) is 83.2 Å². The van der Waals surface area contributed by atoms with Crippen LogP contribution < -0.4 is 15.0 Å². The highest BCUT2D eigenvalue weighted by atomic mass is 19.1. The summed E-state index contributed by atoms with van der Waals surface area (Å²) in [5.74, 6) is 1.06. The molecule has 1 aliphatic carbocycles. The number of pyridine rings is 1. The lowest BCUT2D eigenvalue weighted by Crippen LogP contribution is -2.62. The molecule has 4 N–H and O–H groups in total. The molecule has 0 radical (unpaired) electrons. The Morgan fingerprint density at radius 2 is 1.67 bits per heavy atom. The van der Waals surface area contributed by atoms with Crippen molar-refractivity contribution < 1.29 is 33.6 Å². The van der Waals surface area contributed by atoms with Gasteiger partial charge < -0.3 is 40.1 Å². The number of amides is 1. The summed E-state index contributed by atoms with van der Waals surface area (Å²) in [6.07, 6.45) is 11.5. The predicted molar refractivity (Wildman–Crippen MR) is 270 cm³/mol. The Balaban J connectivity index is 0.679. The molecule has 14 nitrogen and oxygen atoms in total. The molecule has 1 saturated carbocycles. The number of benzene rings is 4. The van der Waals surface area contributed by atoms with Gasteiger partial charge >= 0.3 is 6.01 Å². The maximum Gasteiger partial charge on any atom is 0.319 e. The molecule has 6 aromatic rings. The molecule has 5 aliphatic heterocycles. The van der Waals surface area contributed by atoms with Gasteiger partial charge in [0.05, 0.1) is 23.1 Å². The minimum Gasteiger partial charge on any atom is -0.508 e. The molecule has 4 saturated heterocycles. The first-order valence-corrected chi connectivity index (χ1v) is 25.4. The van der Waals surface area contributed by atoms with Gasteiger partial charge in [-0.15, -0.1) is 6.42 Å². The molecule has 7 heterocycles. The van der Waals surface area contributed by atoms with Gasteiger partial charge in [0, 0.05) is 125 Å². The number of carbonyl (C=O) groups is 1. The number of ether oxygens (including phenoxy) is 1. The number of phenols is 3. The average molecular weight is 976 g/mol. The molecule has 6 aliphatic rings. The lowest BCUT2D eigenvalue weighted by atomic mass is 9.96. The van der Waals surface area contributed by atoms with Crippen LogP contribution >= 0.6 is 0 Å². The molecule has 372 valence electrons. The molecule has 12 rings (SSSR count). The average Bonchev–Trinajstić information content (AvgIpc) is 3.84. The van der Waals surface area contributed by atoms with Crippen LogP contribution in [0, 0.1) is 29.4 Å². The molecular formula is C56H59F2N9O5. The number of aromatic hydroxyl groups is 3. The molecule has 2 unspecified atom stereocenters. The van der Waals surface area contributed by atoms with Crippen LogP contribution in [-0.4, -0.2) is 139 Å². The fraction of sp³-hybridized carbons (Fsp3) is 0.429. The van der Waals surface area contributed by atoms with E-state index in [0.717, 1.165) is 89.2 Å². The third-order valence-corrected chi connectivity index (χ3v) is 16.2. The number of terminal acetylenes is 1. The van der Waals surface area contributed by atoms with Crippen LogP contribution in [0.1, 0.15) is 83.6 Å². The number of piperazine rings is 2. The normalized spacial score (nSPS) is 21.1. The van der Waals surface area contributed by atoms with Crippen LogP contribution in [0.2, 0.25) is 0 Å². The summed E-state index contributed by atoms with van der Waals surface area (Å²) < 4.78 is 38.7. The summed E-state index contributed by atoms with van der Waals surface area (Å²) in [4.78, 5) is 39.4. The Labute approximate surface area is 417 Å². The van der Waals surface area contributed by atoms with E-state index < -0.39 is 11.6 Å². The Morgan fingerprint density at radius 1 is 0.903 bits per heavy atom. The number of fused-ring (bicyclic) bond motifs is 5. The Bertz CT molecular complexity index is 3190. The summed E-state index contributed by atoms with van der Waals surface area (Å²) in [5, 5.41) is 36.4. The third-order valence-electron chi connectivity index (χ3n) is 16.2. The minimum absolute atomic E-state index is 0.00365. The van der Waals surface area contributed by atoms with Crippen LogP contribution in [0.4, 0.5) is 14.6 Å². The molecule has 5 fully saturated rings. The second-order valence-corrected chi connectivity index (χ2v) is 21.5. The van der Waals surface area contributed by atoms with Crippen molar-refractivity contribution >= 4 is 33.4 Å². The van der Waals surface area contributed by atoms with Crippen LogP contribution in [0.3, 0.4) is 0 Å². The highest BCUT2D eigenvalue weighted by Gasteiger charge is 2.46. The van der Waals surface area contributed by atoms with Crippen LogP contribution in [0.25, 0.3) is 32.9 Å². The number of hydrogen-bond donors (Lipinski definition) is 4. The van der Waals surface area contributed by atoms with Crippen LogP contribution in [0.5, 0.6) is 23.3 Å². The Kier molecular flexibility index (Phi) is 11.7. The van der Waals surface area contributed by atoms with Crippen LogP contribution in [-0.2, 0) is 19.6 Å². The first kappa shape index (κ1) is 46.4. The fourth-order valence-electron chi connectivity index (χ4n) is 12.0. The third kappa shape index (κ3) is 8.59. The number of anilines is 1. The largest absolute Gasteiger partial charge is 0.508 e. The number of carbonyl (C=O) groups excluding carboxylic acids is 1. The van der Waals surface area contributed by atoms with E-state index in [1.807, 2.05) is 13.8 Å². The van der Waals surface area contributed by atoms with Crippen molar-refractivity contribution in [2.75, 3.05) is 70.4 Å². The van der Waals surface area contributed by atoms with Crippen molar-refractivity contribution in [3.63, 3.8) is 0 Å². The van der Waals surface area contributed by atoms with Gasteiger partial charge in [0.2, 0.25) is 0 Å². The summed E-state index contributed by atoms with van der Waals surface area (Å²) in [5.41, 5.74) is 4.35. The van der Waals surface area contributed by atoms with Crippen molar-refractivity contribution in [3.8, 4) is 46.9 Å². The fourth-order valence-corrected chi connectivity index (χ4v) is 12.0. The minimum atomic E-state index is -0.729. The van der Waals surface area contributed by atoms with E-state index in [0.29, 0.717) is 73.1 Å². The van der Waals surface area contributed by atoms with Crippen molar-refractivity contribution in [3.05, 3.63) is 106 Å². The van der Waals surface area contributed by atoms with Crippen molar-refractivity contribution in [2.24, 2.45) is 5.41 Å². The number of likely N-dealkylation sites (tertiary alicyclic amines) is 1. The van der Waals surface area contributed by atoms with Gasteiger partial charge in [-0.1, -0.05) is 44.0 Å². The topological polar surface area (TPSA) is 154 Å². The summed E-state index contributed by atoms with van der Waals surface area (Å²) in [6.45, 7) is 14.4. The van der Waals surface area contributed by atoms with Gasteiger partial charge in [-0.2, -0.15) is 9.97 Å². The maximum atomic E-state index is 17.1. The SMILES string of the molecule is C#Cc1c(F)ccc2cc(O)cc(-c3ncc4c(N5CC6CCC(C5)N6)nc(OCC5(CN6CCN(C7CN(Cc8ccc9c(c8)CN(C(=O)c8cc(C(C)C)c(O)cc8O)C9)C7)CC6)CC5)nc4c3F)c12. The lowest BCUT2D eigenvalue weighted by molar-refractivity contribution is -0.00375. The molecule has 4 aromatic carbocycles.